The van der Waals surface area contributed by atoms with E-state index in [1.807, 2.05) is 6.20 Å². The maximum absolute atomic E-state index is 4.63. The van der Waals surface area contributed by atoms with Crippen molar-refractivity contribution in [3.05, 3.63) is 84.7 Å². The average Bonchev–Trinajstić information content (AvgIpc) is 3.18. The molecule has 26 heavy (non-hydrogen) atoms. The number of hydrogen-bond donors (Lipinski definition) is 0. The van der Waals surface area contributed by atoms with Crippen LogP contribution in [0, 0.1) is 0 Å². The minimum Gasteiger partial charge on any atom is -0.299 e. The largest absolute Gasteiger partial charge is 0.299 e. The fourth-order valence-corrected chi connectivity index (χ4v) is 3.90. The number of rotatable bonds is 2. The number of aromatic nitrogens is 2. The zero-order chi connectivity index (χ0) is 17.7. The third kappa shape index (κ3) is 2.15. The number of nitrogens with zero attached hydrogens (tertiary/aromatic N) is 2. The van der Waals surface area contributed by atoms with Gasteiger partial charge in [0.1, 0.15) is 5.65 Å². The molecule has 0 aliphatic heterocycles. The topological polar surface area (TPSA) is 17.3 Å². The number of pyridine rings is 1. The standard InChI is InChI=1S/C24H20N2/c1-16(2)17-10-12-18(13-11-17)19-8-5-9-21-20-6-3-4-7-22(20)24-25-14-15-26(24)23(19)21/h3-16H,1-2H3. The first kappa shape index (κ1) is 15.2. The molecule has 3 aromatic carbocycles. The molecule has 0 aliphatic carbocycles. The van der Waals surface area contributed by atoms with Gasteiger partial charge in [-0.15, -0.1) is 0 Å². The number of hydrogen-bond acceptors (Lipinski definition) is 1. The van der Waals surface area contributed by atoms with Crippen LogP contribution in [0.3, 0.4) is 0 Å². The fourth-order valence-electron chi connectivity index (χ4n) is 3.90. The summed E-state index contributed by atoms with van der Waals surface area (Å²) in [6.07, 6.45) is 3.95. The van der Waals surface area contributed by atoms with Crippen LogP contribution in [-0.2, 0) is 0 Å². The summed E-state index contributed by atoms with van der Waals surface area (Å²) in [5.41, 5.74) is 6.08. The zero-order valence-corrected chi connectivity index (χ0v) is 15.0. The Bertz CT molecular complexity index is 1240. The summed E-state index contributed by atoms with van der Waals surface area (Å²) in [7, 11) is 0. The zero-order valence-electron chi connectivity index (χ0n) is 15.0. The number of para-hydroxylation sites is 1. The predicted octanol–water partition coefficient (Wildman–Crippen LogP) is 6.43. The van der Waals surface area contributed by atoms with Crippen molar-refractivity contribution >= 4 is 27.3 Å². The van der Waals surface area contributed by atoms with E-state index >= 15 is 0 Å². The molecule has 2 aromatic heterocycles. The van der Waals surface area contributed by atoms with E-state index < -0.39 is 0 Å². The van der Waals surface area contributed by atoms with E-state index in [0.717, 1.165) is 5.65 Å². The minimum atomic E-state index is 0.542. The highest BCUT2D eigenvalue weighted by Crippen LogP contribution is 2.35. The summed E-state index contributed by atoms with van der Waals surface area (Å²) in [4.78, 5) is 4.63. The fraction of sp³-hybridized carbons (Fsp3) is 0.125. The van der Waals surface area contributed by atoms with E-state index in [1.54, 1.807) is 0 Å². The third-order valence-electron chi connectivity index (χ3n) is 5.26. The molecule has 126 valence electrons. The number of imidazole rings is 1. The molecule has 5 aromatic rings. The second-order valence-electron chi connectivity index (χ2n) is 7.14. The van der Waals surface area contributed by atoms with Crippen LogP contribution in [-0.4, -0.2) is 9.38 Å². The molecule has 0 saturated heterocycles. The van der Waals surface area contributed by atoms with Gasteiger partial charge in [0.25, 0.3) is 0 Å². The maximum atomic E-state index is 4.63. The molecule has 0 fully saturated rings. The second kappa shape index (κ2) is 5.70. The van der Waals surface area contributed by atoms with Crippen LogP contribution in [0.1, 0.15) is 25.3 Å². The summed E-state index contributed by atoms with van der Waals surface area (Å²) in [5.74, 6) is 0.542. The Morgan fingerprint density at radius 2 is 1.50 bits per heavy atom. The summed E-state index contributed by atoms with van der Waals surface area (Å²) in [6, 6.07) is 24.1. The molecule has 5 rings (SSSR count). The normalized spacial score (nSPS) is 11.8. The average molecular weight is 336 g/mol. The molecule has 0 aliphatic rings. The first-order valence-electron chi connectivity index (χ1n) is 9.11. The van der Waals surface area contributed by atoms with Crippen molar-refractivity contribution in [2.45, 2.75) is 19.8 Å². The lowest BCUT2D eigenvalue weighted by Gasteiger charge is -2.13. The molecule has 0 saturated carbocycles. The van der Waals surface area contributed by atoms with Crippen molar-refractivity contribution in [2.75, 3.05) is 0 Å². The smallest absolute Gasteiger partial charge is 0.145 e. The van der Waals surface area contributed by atoms with E-state index in [0.29, 0.717) is 5.92 Å². The predicted molar refractivity (Wildman–Crippen MR) is 110 cm³/mol. The summed E-state index contributed by atoms with van der Waals surface area (Å²) in [5, 5.41) is 3.70. The van der Waals surface area contributed by atoms with Crippen LogP contribution in [0.4, 0.5) is 0 Å². The van der Waals surface area contributed by atoms with Gasteiger partial charge in [0.15, 0.2) is 0 Å². The molecular formula is C24H20N2. The Kier molecular flexibility index (Phi) is 3.32. The van der Waals surface area contributed by atoms with Gasteiger partial charge >= 0.3 is 0 Å². The molecule has 0 unspecified atom stereocenters. The quantitative estimate of drug-likeness (QED) is 0.339. The van der Waals surface area contributed by atoms with Crippen LogP contribution in [0.25, 0.3) is 38.4 Å². The van der Waals surface area contributed by atoms with E-state index in [1.165, 1.54) is 38.4 Å². The number of fused-ring (bicyclic) bond motifs is 6. The highest BCUT2D eigenvalue weighted by Gasteiger charge is 2.13. The van der Waals surface area contributed by atoms with E-state index in [2.05, 4.69) is 96.2 Å². The monoisotopic (exact) mass is 336 g/mol. The van der Waals surface area contributed by atoms with Crippen molar-refractivity contribution in [1.29, 1.82) is 0 Å². The van der Waals surface area contributed by atoms with Crippen LogP contribution in [0.5, 0.6) is 0 Å². The summed E-state index contributed by atoms with van der Waals surface area (Å²) >= 11 is 0. The highest BCUT2D eigenvalue weighted by atomic mass is 15.0. The molecule has 2 nitrogen and oxygen atoms in total. The summed E-state index contributed by atoms with van der Waals surface area (Å²) < 4.78 is 2.23. The SMILES string of the molecule is CC(C)c1ccc(-c2cccc3c4ccccc4c4nccn4c23)cc1. The Labute approximate surface area is 152 Å². The molecule has 0 bridgehead atoms. The summed E-state index contributed by atoms with van der Waals surface area (Å²) in [6.45, 7) is 4.46. The van der Waals surface area contributed by atoms with Crippen molar-refractivity contribution in [1.82, 2.24) is 9.38 Å². The van der Waals surface area contributed by atoms with Crippen LogP contribution in [0.15, 0.2) is 79.1 Å². The molecule has 0 amide bonds. The van der Waals surface area contributed by atoms with Gasteiger partial charge < -0.3 is 0 Å². The van der Waals surface area contributed by atoms with Gasteiger partial charge in [0, 0.05) is 28.7 Å². The van der Waals surface area contributed by atoms with Crippen molar-refractivity contribution in [3.8, 4) is 11.1 Å². The van der Waals surface area contributed by atoms with Crippen LogP contribution < -0.4 is 0 Å². The first-order valence-corrected chi connectivity index (χ1v) is 9.11. The van der Waals surface area contributed by atoms with Gasteiger partial charge in [-0.25, -0.2) is 4.98 Å². The molecule has 0 spiro atoms. The lowest BCUT2D eigenvalue weighted by atomic mass is 9.96. The van der Waals surface area contributed by atoms with Crippen LogP contribution in [0.2, 0.25) is 0 Å². The van der Waals surface area contributed by atoms with Crippen LogP contribution >= 0.6 is 0 Å². The van der Waals surface area contributed by atoms with Gasteiger partial charge in [0.05, 0.1) is 5.52 Å². The van der Waals surface area contributed by atoms with Gasteiger partial charge in [-0.3, -0.25) is 4.40 Å². The molecular weight excluding hydrogens is 316 g/mol. The molecule has 2 heterocycles. The lowest BCUT2D eigenvalue weighted by molar-refractivity contribution is 0.867. The maximum Gasteiger partial charge on any atom is 0.145 e. The van der Waals surface area contributed by atoms with Gasteiger partial charge in [-0.1, -0.05) is 80.6 Å². The van der Waals surface area contributed by atoms with Gasteiger partial charge in [0.2, 0.25) is 0 Å². The van der Waals surface area contributed by atoms with Crippen molar-refractivity contribution < 1.29 is 0 Å². The third-order valence-corrected chi connectivity index (χ3v) is 5.26. The Morgan fingerprint density at radius 3 is 2.27 bits per heavy atom. The van der Waals surface area contributed by atoms with E-state index in [4.69, 9.17) is 0 Å². The van der Waals surface area contributed by atoms with Crippen molar-refractivity contribution in [2.24, 2.45) is 0 Å². The molecule has 0 N–H and O–H groups in total. The molecule has 0 radical (unpaired) electrons. The van der Waals surface area contributed by atoms with E-state index in [9.17, 15) is 0 Å². The van der Waals surface area contributed by atoms with Gasteiger partial charge in [-0.2, -0.15) is 0 Å². The second-order valence-corrected chi connectivity index (χ2v) is 7.14. The first-order chi connectivity index (χ1) is 12.7. The van der Waals surface area contributed by atoms with Gasteiger partial charge in [-0.05, 0) is 22.4 Å². The molecule has 2 heteroatoms. The lowest BCUT2D eigenvalue weighted by Crippen LogP contribution is -1.94. The number of benzene rings is 3. The molecule has 0 atom stereocenters. The van der Waals surface area contributed by atoms with Crippen molar-refractivity contribution in [3.63, 3.8) is 0 Å². The Hall–Kier alpha value is -3.13. The Balaban J connectivity index is 1.90. The highest BCUT2D eigenvalue weighted by molar-refractivity contribution is 6.14. The van der Waals surface area contributed by atoms with E-state index in [-0.39, 0.29) is 0 Å². The minimum absolute atomic E-state index is 0.542. The Morgan fingerprint density at radius 1 is 0.769 bits per heavy atom.